The molecule has 1 rings (SSSR count). The Morgan fingerprint density at radius 1 is 1.08 bits per heavy atom. The SMILES string of the molecule is [Li][CH2]CCCCC1CCCCCN1. The van der Waals surface area contributed by atoms with Crippen LogP contribution in [0.3, 0.4) is 0 Å². The first-order chi connectivity index (χ1) is 6.43. The fourth-order valence-electron chi connectivity index (χ4n) is 2.16. The predicted octanol–water partition coefficient (Wildman–Crippen LogP) is 2.67. The van der Waals surface area contributed by atoms with Gasteiger partial charge in [0.05, 0.1) is 0 Å². The van der Waals surface area contributed by atoms with Crippen LogP contribution in [0.2, 0.25) is 5.09 Å². The molecule has 13 heavy (non-hydrogen) atoms. The summed E-state index contributed by atoms with van der Waals surface area (Å²) in [6.45, 7) is 1.26. The third-order valence-corrected chi connectivity index (χ3v) is 3.07. The molecule has 1 unspecified atom stereocenters. The quantitative estimate of drug-likeness (QED) is 0.500. The van der Waals surface area contributed by atoms with Crippen LogP contribution in [0.4, 0.5) is 0 Å². The zero-order valence-corrected chi connectivity index (χ0v) is 9.15. The van der Waals surface area contributed by atoms with Crippen LogP contribution in [-0.4, -0.2) is 30.3 Å². The van der Waals surface area contributed by atoms with Crippen molar-refractivity contribution in [2.45, 2.75) is 62.5 Å². The molecule has 0 aromatic rings. The average Bonchev–Trinajstić information content (AvgIpc) is 2.41. The molecule has 0 amide bonds. The summed E-state index contributed by atoms with van der Waals surface area (Å²) in [5.41, 5.74) is 0. The number of hydrogen-bond acceptors (Lipinski definition) is 1. The van der Waals surface area contributed by atoms with Crippen LogP contribution >= 0.6 is 0 Å². The molecule has 1 atom stereocenters. The van der Waals surface area contributed by atoms with Gasteiger partial charge in [0.15, 0.2) is 0 Å². The van der Waals surface area contributed by atoms with E-state index in [9.17, 15) is 0 Å². The number of rotatable bonds is 5. The summed E-state index contributed by atoms with van der Waals surface area (Å²) >= 11 is 2.28. The first kappa shape index (κ1) is 11.6. The molecule has 1 fully saturated rings. The molecule has 1 heterocycles. The molecule has 1 aliphatic rings. The first-order valence-electron chi connectivity index (χ1n) is 6.17. The van der Waals surface area contributed by atoms with Gasteiger partial charge in [0.2, 0.25) is 0 Å². The standard InChI is InChI=1S/C11H22N.Li/c1-2-3-5-8-11-9-6-4-7-10-12-11;/h11-12H,1-10H2;. The molecule has 72 valence electrons. The molecule has 0 spiro atoms. The molecule has 0 aliphatic carbocycles. The zero-order valence-electron chi connectivity index (χ0n) is 9.15. The van der Waals surface area contributed by atoms with Crippen molar-refractivity contribution in [1.82, 2.24) is 5.32 Å². The van der Waals surface area contributed by atoms with Crippen molar-refractivity contribution < 1.29 is 0 Å². The monoisotopic (exact) mass is 175 g/mol. The van der Waals surface area contributed by atoms with E-state index in [1.165, 1.54) is 63.0 Å². The fourth-order valence-corrected chi connectivity index (χ4v) is 2.16. The van der Waals surface area contributed by atoms with Crippen LogP contribution in [0.25, 0.3) is 0 Å². The Morgan fingerprint density at radius 3 is 2.85 bits per heavy atom. The van der Waals surface area contributed by atoms with Crippen molar-refractivity contribution in [2.75, 3.05) is 6.54 Å². The third-order valence-electron chi connectivity index (χ3n) is 3.07. The Morgan fingerprint density at radius 2 is 2.00 bits per heavy atom. The van der Waals surface area contributed by atoms with Gasteiger partial charge in [0.25, 0.3) is 0 Å². The van der Waals surface area contributed by atoms with Crippen molar-refractivity contribution in [2.24, 2.45) is 0 Å². The molecule has 1 nitrogen and oxygen atoms in total. The van der Waals surface area contributed by atoms with Gasteiger partial charge in [-0.1, -0.05) is 0 Å². The predicted molar refractivity (Wildman–Crippen MR) is 59.3 cm³/mol. The Kier molecular flexibility index (Phi) is 7.08. The second kappa shape index (κ2) is 7.92. The van der Waals surface area contributed by atoms with Gasteiger partial charge in [-0.25, -0.2) is 0 Å². The van der Waals surface area contributed by atoms with Crippen molar-refractivity contribution in [3.05, 3.63) is 0 Å². The van der Waals surface area contributed by atoms with Gasteiger partial charge in [-0.05, 0) is 0 Å². The molecular weight excluding hydrogens is 153 g/mol. The minimum absolute atomic E-state index is 0.847. The van der Waals surface area contributed by atoms with Crippen molar-refractivity contribution in [3.8, 4) is 0 Å². The van der Waals surface area contributed by atoms with Crippen LogP contribution in [0, 0.1) is 0 Å². The fraction of sp³-hybridized carbons (Fsp3) is 1.00. The second-order valence-electron chi connectivity index (χ2n) is 4.35. The molecular formula is C11H22LiN. The summed E-state index contributed by atoms with van der Waals surface area (Å²) in [6.07, 6.45) is 11.4. The van der Waals surface area contributed by atoms with E-state index in [0.717, 1.165) is 6.04 Å². The van der Waals surface area contributed by atoms with Crippen LogP contribution < -0.4 is 5.32 Å². The molecule has 1 saturated heterocycles. The maximum absolute atomic E-state index is 3.66. The van der Waals surface area contributed by atoms with Crippen molar-refractivity contribution in [3.63, 3.8) is 0 Å². The van der Waals surface area contributed by atoms with E-state index in [2.05, 4.69) is 23.0 Å². The topological polar surface area (TPSA) is 12.0 Å². The van der Waals surface area contributed by atoms with Crippen LogP contribution in [0.5, 0.6) is 0 Å². The normalized spacial score (nSPS) is 24.3. The van der Waals surface area contributed by atoms with E-state index in [-0.39, 0.29) is 0 Å². The van der Waals surface area contributed by atoms with E-state index in [1.807, 2.05) is 0 Å². The molecule has 1 aliphatic heterocycles. The van der Waals surface area contributed by atoms with Gasteiger partial charge in [-0.3, -0.25) is 0 Å². The second-order valence-corrected chi connectivity index (χ2v) is 4.35. The Labute approximate surface area is 92.3 Å². The number of hydrogen-bond donors (Lipinski definition) is 1. The van der Waals surface area contributed by atoms with Crippen LogP contribution in [0.15, 0.2) is 0 Å². The minimum atomic E-state index is 0.847. The van der Waals surface area contributed by atoms with Gasteiger partial charge in [0, 0.05) is 0 Å². The summed E-state index contributed by atoms with van der Waals surface area (Å²) in [4.78, 5) is 0. The summed E-state index contributed by atoms with van der Waals surface area (Å²) in [7, 11) is 0. The van der Waals surface area contributed by atoms with Crippen LogP contribution in [-0.2, 0) is 0 Å². The summed E-state index contributed by atoms with van der Waals surface area (Å²) in [5.74, 6) is 0. The maximum atomic E-state index is 3.66. The molecule has 2 heteroatoms. The van der Waals surface area contributed by atoms with Gasteiger partial charge in [0.1, 0.15) is 0 Å². The molecule has 0 aromatic heterocycles. The summed E-state index contributed by atoms with van der Waals surface area (Å²) in [6, 6.07) is 0.847. The first-order valence-corrected chi connectivity index (χ1v) is 6.17. The molecule has 0 aromatic carbocycles. The van der Waals surface area contributed by atoms with Crippen molar-refractivity contribution >= 4 is 17.7 Å². The number of unbranched alkanes of at least 4 members (excludes halogenated alkanes) is 2. The van der Waals surface area contributed by atoms with Crippen LogP contribution in [0.1, 0.15) is 51.4 Å². The Balaban J connectivity index is 1.98. The summed E-state index contributed by atoms with van der Waals surface area (Å²) in [5, 5.41) is 5.02. The Hall–Kier alpha value is 0.557. The zero-order chi connectivity index (χ0) is 9.36. The van der Waals surface area contributed by atoms with E-state index in [4.69, 9.17) is 0 Å². The van der Waals surface area contributed by atoms with E-state index in [0.29, 0.717) is 0 Å². The van der Waals surface area contributed by atoms with E-state index >= 15 is 0 Å². The van der Waals surface area contributed by atoms with Gasteiger partial charge in [-0.2, -0.15) is 0 Å². The molecule has 1 N–H and O–H groups in total. The molecule has 0 bridgehead atoms. The van der Waals surface area contributed by atoms with Crippen molar-refractivity contribution in [1.29, 1.82) is 0 Å². The number of nitrogens with one attached hydrogen (secondary N) is 1. The molecule has 0 saturated carbocycles. The van der Waals surface area contributed by atoms with Gasteiger partial charge >= 0.3 is 92.1 Å². The Bertz CT molecular complexity index is 109. The average molecular weight is 175 g/mol. The van der Waals surface area contributed by atoms with Gasteiger partial charge < -0.3 is 0 Å². The van der Waals surface area contributed by atoms with Gasteiger partial charge in [-0.15, -0.1) is 0 Å². The van der Waals surface area contributed by atoms with E-state index in [1.54, 1.807) is 0 Å². The molecule has 0 radical (unpaired) electrons. The van der Waals surface area contributed by atoms with E-state index < -0.39 is 0 Å². The summed E-state index contributed by atoms with van der Waals surface area (Å²) < 4.78 is 0. The third kappa shape index (κ3) is 5.78.